The number of anilines is 2. The first-order chi connectivity index (χ1) is 8.50. The van der Waals surface area contributed by atoms with E-state index in [2.05, 4.69) is 27.5 Å². The van der Waals surface area contributed by atoms with Crippen LogP contribution in [-0.4, -0.2) is 34.8 Å². The molecule has 0 radical (unpaired) electrons. The molecule has 0 saturated carbocycles. The monoisotopic (exact) mass is 252 g/mol. The summed E-state index contributed by atoms with van der Waals surface area (Å²) in [5, 5.41) is 15.8. The maximum atomic E-state index is 9.23. The number of aromatic nitrogens is 2. The molecule has 0 spiro atoms. The first-order valence-electron chi connectivity index (χ1n) is 6.40. The standard InChI is InChI=1S/C13H24N4O/c1-5-6-14-11-10(2)12(17-9-16-11)15-7-13(3,4)8-18/h9,18H,5-8H2,1-4H3,(H2,14,15,16,17). The van der Waals surface area contributed by atoms with Crippen molar-refractivity contribution in [1.82, 2.24) is 9.97 Å². The third-order valence-corrected chi connectivity index (χ3v) is 2.79. The van der Waals surface area contributed by atoms with Crippen LogP contribution < -0.4 is 10.6 Å². The van der Waals surface area contributed by atoms with Crippen molar-refractivity contribution in [3.63, 3.8) is 0 Å². The lowest BCUT2D eigenvalue weighted by Gasteiger charge is -2.23. The van der Waals surface area contributed by atoms with Crippen molar-refractivity contribution in [3.8, 4) is 0 Å². The smallest absolute Gasteiger partial charge is 0.134 e. The molecule has 0 saturated heterocycles. The summed E-state index contributed by atoms with van der Waals surface area (Å²) in [5.74, 6) is 1.70. The van der Waals surface area contributed by atoms with Crippen molar-refractivity contribution in [2.75, 3.05) is 30.3 Å². The Morgan fingerprint density at radius 3 is 2.39 bits per heavy atom. The highest BCUT2D eigenvalue weighted by Crippen LogP contribution is 2.20. The molecule has 0 aliphatic rings. The fourth-order valence-corrected chi connectivity index (χ4v) is 1.43. The molecule has 5 heteroatoms. The van der Waals surface area contributed by atoms with E-state index in [0.29, 0.717) is 6.54 Å². The van der Waals surface area contributed by atoms with E-state index in [4.69, 9.17) is 0 Å². The van der Waals surface area contributed by atoms with Crippen LogP contribution in [0.1, 0.15) is 32.8 Å². The fourth-order valence-electron chi connectivity index (χ4n) is 1.43. The minimum absolute atomic E-state index is 0.144. The van der Waals surface area contributed by atoms with E-state index < -0.39 is 0 Å². The van der Waals surface area contributed by atoms with Crippen molar-refractivity contribution < 1.29 is 5.11 Å². The van der Waals surface area contributed by atoms with E-state index in [0.717, 1.165) is 30.2 Å². The Hall–Kier alpha value is -1.36. The maximum Gasteiger partial charge on any atom is 0.134 e. The summed E-state index contributed by atoms with van der Waals surface area (Å²) in [5.41, 5.74) is 0.855. The van der Waals surface area contributed by atoms with Crippen LogP contribution in [0.25, 0.3) is 0 Å². The van der Waals surface area contributed by atoms with Crippen molar-refractivity contribution in [2.45, 2.75) is 34.1 Å². The second-order valence-corrected chi connectivity index (χ2v) is 5.30. The Bertz CT molecular complexity index is 379. The molecular formula is C13H24N4O. The van der Waals surface area contributed by atoms with Gasteiger partial charge in [-0.2, -0.15) is 0 Å². The molecule has 0 aromatic carbocycles. The molecule has 0 atom stereocenters. The fraction of sp³-hybridized carbons (Fsp3) is 0.692. The number of nitrogens with zero attached hydrogens (tertiary/aromatic N) is 2. The largest absolute Gasteiger partial charge is 0.396 e. The zero-order chi connectivity index (χ0) is 13.6. The van der Waals surface area contributed by atoms with E-state index in [9.17, 15) is 5.11 Å². The van der Waals surface area contributed by atoms with Gasteiger partial charge in [-0.15, -0.1) is 0 Å². The van der Waals surface area contributed by atoms with Gasteiger partial charge in [0.1, 0.15) is 18.0 Å². The van der Waals surface area contributed by atoms with Gasteiger partial charge in [-0.25, -0.2) is 9.97 Å². The zero-order valence-electron chi connectivity index (χ0n) is 11.7. The van der Waals surface area contributed by atoms with Gasteiger partial charge in [0.15, 0.2) is 0 Å². The predicted molar refractivity (Wildman–Crippen MR) is 74.9 cm³/mol. The summed E-state index contributed by atoms with van der Waals surface area (Å²) in [6.45, 7) is 9.84. The first kappa shape index (κ1) is 14.7. The highest BCUT2D eigenvalue weighted by atomic mass is 16.3. The number of rotatable bonds is 7. The molecule has 1 aromatic heterocycles. The summed E-state index contributed by atoms with van der Waals surface area (Å²) in [7, 11) is 0. The Balaban J connectivity index is 2.71. The van der Waals surface area contributed by atoms with Crippen molar-refractivity contribution in [1.29, 1.82) is 0 Å². The van der Waals surface area contributed by atoms with Gasteiger partial charge < -0.3 is 15.7 Å². The van der Waals surface area contributed by atoms with Crippen LogP contribution in [0.4, 0.5) is 11.6 Å². The quantitative estimate of drug-likeness (QED) is 0.692. The lowest BCUT2D eigenvalue weighted by atomic mass is 9.95. The summed E-state index contributed by atoms with van der Waals surface area (Å²) in [6.07, 6.45) is 2.61. The highest BCUT2D eigenvalue weighted by molar-refractivity contribution is 5.56. The predicted octanol–water partition coefficient (Wildman–Crippen LogP) is 2.04. The van der Waals surface area contributed by atoms with Crippen molar-refractivity contribution >= 4 is 11.6 Å². The van der Waals surface area contributed by atoms with E-state index in [1.54, 1.807) is 6.33 Å². The number of aliphatic hydroxyl groups excluding tert-OH is 1. The molecule has 1 rings (SSSR count). The summed E-state index contributed by atoms with van der Waals surface area (Å²) >= 11 is 0. The average molecular weight is 252 g/mol. The van der Waals surface area contributed by atoms with Gasteiger partial charge in [-0.05, 0) is 13.3 Å². The second kappa shape index (κ2) is 6.54. The van der Waals surface area contributed by atoms with Gasteiger partial charge in [0.2, 0.25) is 0 Å². The lowest BCUT2D eigenvalue weighted by molar-refractivity contribution is 0.170. The first-order valence-corrected chi connectivity index (χ1v) is 6.40. The van der Waals surface area contributed by atoms with Gasteiger partial charge in [-0.1, -0.05) is 20.8 Å². The molecule has 0 bridgehead atoms. The Morgan fingerprint density at radius 2 is 1.83 bits per heavy atom. The molecule has 1 heterocycles. The maximum absolute atomic E-state index is 9.23. The van der Waals surface area contributed by atoms with Gasteiger partial charge >= 0.3 is 0 Å². The zero-order valence-corrected chi connectivity index (χ0v) is 11.7. The molecule has 102 valence electrons. The second-order valence-electron chi connectivity index (χ2n) is 5.30. The van der Waals surface area contributed by atoms with Crippen LogP contribution in [0.3, 0.4) is 0 Å². The Kier molecular flexibility index (Phi) is 5.34. The SMILES string of the molecule is CCCNc1ncnc(NCC(C)(C)CO)c1C. The van der Waals surface area contributed by atoms with E-state index in [1.807, 2.05) is 20.8 Å². The average Bonchev–Trinajstić information content (AvgIpc) is 2.36. The molecule has 0 aliphatic heterocycles. The van der Waals surface area contributed by atoms with Crippen LogP contribution in [0.2, 0.25) is 0 Å². The number of hydrogen-bond donors (Lipinski definition) is 3. The summed E-state index contributed by atoms with van der Waals surface area (Å²) in [4.78, 5) is 8.47. The number of hydrogen-bond acceptors (Lipinski definition) is 5. The minimum atomic E-state index is -0.158. The normalized spacial score (nSPS) is 11.4. The van der Waals surface area contributed by atoms with Gasteiger partial charge in [0.25, 0.3) is 0 Å². The minimum Gasteiger partial charge on any atom is -0.396 e. The molecular weight excluding hydrogens is 228 g/mol. The third kappa shape index (κ3) is 4.14. The van der Waals surface area contributed by atoms with E-state index in [1.165, 1.54) is 0 Å². The van der Waals surface area contributed by atoms with Crippen LogP contribution in [0.15, 0.2) is 6.33 Å². The van der Waals surface area contributed by atoms with E-state index >= 15 is 0 Å². The summed E-state index contributed by atoms with van der Waals surface area (Å²) in [6, 6.07) is 0. The highest BCUT2D eigenvalue weighted by Gasteiger charge is 2.17. The molecule has 3 N–H and O–H groups in total. The number of nitrogens with one attached hydrogen (secondary N) is 2. The van der Waals surface area contributed by atoms with Crippen LogP contribution in [0.5, 0.6) is 0 Å². The Labute approximate surface area is 109 Å². The van der Waals surface area contributed by atoms with Crippen LogP contribution in [0, 0.1) is 12.3 Å². The molecule has 0 amide bonds. The van der Waals surface area contributed by atoms with Crippen LogP contribution >= 0.6 is 0 Å². The third-order valence-electron chi connectivity index (χ3n) is 2.79. The van der Waals surface area contributed by atoms with E-state index in [-0.39, 0.29) is 12.0 Å². The van der Waals surface area contributed by atoms with Crippen molar-refractivity contribution in [2.24, 2.45) is 5.41 Å². The van der Waals surface area contributed by atoms with Gasteiger partial charge in [0.05, 0.1) is 0 Å². The molecule has 18 heavy (non-hydrogen) atoms. The summed E-state index contributed by atoms with van der Waals surface area (Å²) < 4.78 is 0. The lowest BCUT2D eigenvalue weighted by Crippen LogP contribution is -2.27. The van der Waals surface area contributed by atoms with Crippen molar-refractivity contribution in [3.05, 3.63) is 11.9 Å². The topological polar surface area (TPSA) is 70.1 Å². The molecule has 0 unspecified atom stereocenters. The van der Waals surface area contributed by atoms with Gasteiger partial charge in [0, 0.05) is 30.7 Å². The number of aliphatic hydroxyl groups is 1. The van der Waals surface area contributed by atoms with Gasteiger partial charge in [-0.3, -0.25) is 0 Å². The molecule has 0 aliphatic carbocycles. The Morgan fingerprint density at radius 1 is 1.22 bits per heavy atom. The molecule has 1 aromatic rings. The molecule has 0 fully saturated rings. The van der Waals surface area contributed by atoms with Crippen LogP contribution in [-0.2, 0) is 0 Å². The molecule has 5 nitrogen and oxygen atoms in total.